The monoisotopic (exact) mass is 556 g/mol. The first kappa shape index (κ1) is 27.9. The van der Waals surface area contributed by atoms with E-state index >= 15 is 4.39 Å². The quantitative estimate of drug-likeness (QED) is 0.231. The molecular formula is C23H25F5N8O3. The second-order valence-corrected chi connectivity index (χ2v) is 8.92. The van der Waals surface area contributed by atoms with Gasteiger partial charge in [0.15, 0.2) is 5.82 Å². The van der Waals surface area contributed by atoms with E-state index in [2.05, 4.69) is 25.8 Å². The molecule has 2 aromatic heterocycles. The fourth-order valence-electron chi connectivity index (χ4n) is 4.30. The summed E-state index contributed by atoms with van der Waals surface area (Å²) in [6.07, 6.45) is -1.90. The van der Waals surface area contributed by atoms with E-state index in [0.29, 0.717) is 0 Å². The molecule has 0 radical (unpaired) electrons. The number of aromatic nitrogens is 3. The molecule has 0 unspecified atom stereocenters. The summed E-state index contributed by atoms with van der Waals surface area (Å²) in [6.45, 7) is -0.582. The van der Waals surface area contributed by atoms with Gasteiger partial charge in [-0.1, -0.05) is 6.07 Å². The van der Waals surface area contributed by atoms with Gasteiger partial charge < -0.3 is 25.4 Å². The molecule has 0 aliphatic carbocycles. The summed E-state index contributed by atoms with van der Waals surface area (Å²) >= 11 is 0. The Hall–Kier alpha value is -4.08. The maximum Gasteiger partial charge on any atom is 0.285 e. The Morgan fingerprint density at radius 3 is 2.74 bits per heavy atom. The lowest BCUT2D eigenvalue weighted by Gasteiger charge is -2.38. The molecule has 2 atom stereocenters. The number of aliphatic hydroxyl groups excluding tert-OH is 1. The van der Waals surface area contributed by atoms with Gasteiger partial charge in [-0.25, -0.2) is 32.0 Å². The first-order valence-corrected chi connectivity index (χ1v) is 11.7. The number of amides is 1. The Morgan fingerprint density at radius 2 is 2.13 bits per heavy atom. The van der Waals surface area contributed by atoms with Crippen LogP contribution in [0.4, 0.5) is 39.3 Å². The number of alkyl halides is 4. The maximum absolute atomic E-state index is 15.2. The Labute approximate surface area is 218 Å². The van der Waals surface area contributed by atoms with Crippen LogP contribution in [0, 0.1) is 11.3 Å². The van der Waals surface area contributed by atoms with E-state index in [0.717, 1.165) is 15.6 Å². The molecule has 39 heavy (non-hydrogen) atoms. The molecular weight excluding hydrogens is 531 g/mol. The number of likely N-dealkylation sites (tertiary alicyclic amines) is 1. The third-order valence-corrected chi connectivity index (χ3v) is 6.30. The van der Waals surface area contributed by atoms with E-state index in [1.807, 2.05) is 0 Å². The molecule has 11 nitrogen and oxygen atoms in total. The zero-order chi connectivity index (χ0) is 28.5. The lowest BCUT2D eigenvalue weighted by atomic mass is 10.0. The minimum atomic E-state index is -3.38. The molecule has 4 rings (SSSR count). The van der Waals surface area contributed by atoms with Crippen LogP contribution >= 0.6 is 0 Å². The molecule has 210 valence electrons. The fourth-order valence-corrected chi connectivity index (χ4v) is 4.30. The van der Waals surface area contributed by atoms with Gasteiger partial charge in [-0.2, -0.15) is 10.1 Å². The van der Waals surface area contributed by atoms with Crippen molar-refractivity contribution < 1.29 is 36.6 Å². The molecule has 1 amide bonds. The predicted molar refractivity (Wildman–Crippen MR) is 129 cm³/mol. The van der Waals surface area contributed by atoms with E-state index < -0.39 is 49.3 Å². The zero-order valence-electron chi connectivity index (χ0n) is 20.8. The van der Waals surface area contributed by atoms with Crippen molar-refractivity contribution in [3.8, 4) is 17.0 Å². The number of fused-ring (bicyclic) bond motifs is 1. The van der Waals surface area contributed by atoms with Crippen molar-refractivity contribution in [1.29, 1.82) is 5.53 Å². The molecule has 1 aliphatic heterocycles. The average molecular weight is 556 g/mol. The lowest BCUT2D eigenvalue weighted by molar-refractivity contribution is -0.145. The second kappa shape index (κ2) is 11.0. The van der Waals surface area contributed by atoms with Crippen molar-refractivity contribution in [3.63, 3.8) is 0 Å². The van der Waals surface area contributed by atoms with E-state index in [1.54, 1.807) is 0 Å². The minimum absolute atomic E-state index is 0.0323. The number of carbonyl (C=O) groups excluding carboxylic acids is 1. The molecule has 4 N–H and O–H groups in total. The van der Waals surface area contributed by atoms with Gasteiger partial charge in [-0.05, 0) is 31.0 Å². The molecule has 1 fully saturated rings. The second-order valence-electron chi connectivity index (χ2n) is 8.92. The molecule has 0 bridgehead atoms. The smallest absolute Gasteiger partial charge is 0.285 e. The van der Waals surface area contributed by atoms with Crippen molar-refractivity contribution in [2.24, 2.45) is 5.11 Å². The number of hydrogen-bond donors (Lipinski definition) is 4. The van der Waals surface area contributed by atoms with Crippen LogP contribution in [0.1, 0.15) is 13.3 Å². The summed E-state index contributed by atoms with van der Waals surface area (Å²) in [5, 5.41) is 21.5. The van der Waals surface area contributed by atoms with Gasteiger partial charge in [0.1, 0.15) is 17.8 Å². The number of benzene rings is 1. The number of anilines is 2. The number of methoxy groups -OCH3 is 1. The molecule has 1 aromatic carbocycles. The van der Waals surface area contributed by atoms with Crippen molar-refractivity contribution in [3.05, 3.63) is 30.2 Å². The van der Waals surface area contributed by atoms with Crippen LogP contribution in [0.15, 0.2) is 29.5 Å². The fraction of sp³-hybridized carbons (Fsp3) is 0.435. The third kappa shape index (κ3) is 5.55. The highest BCUT2D eigenvalue weighted by Gasteiger charge is 2.46. The normalized spacial score (nSPS) is 17.8. The average Bonchev–Trinajstić information content (AvgIpc) is 3.23. The Bertz CT molecular complexity index is 1390. The van der Waals surface area contributed by atoms with Crippen LogP contribution in [0.25, 0.3) is 16.6 Å². The number of carbonyl (C=O) groups is 1. The molecule has 0 saturated carbocycles. The standard InChI is InChI=1S/C23H25F5N8O3/c1-11(20(25)26)30-15-7-12(3-4-14(15)33-29)18-13(24)8-36-19(18)21(39-2)32-22(34-36)31-16-5-6-35(17(38)9-37)10-23(16,27)28/h3-4,7-8,11,16,20,29-30,37H,5-6,9-10H2,1-2H3,(H,31,34)/t11-,16-/m1/s1. The highest BCUT2D eigenvalue weighted by atomic mass is 19.3. The Kier molecular flexibility index (Phi) is 7.85. The highest BCUT2D eigenvalue weighted by molar-refractivity contribution is 5.88. The Balaban J connectivity index is 1.70. The first-order chi connectivity index (χ1) is 18.5. The van der Waals surface area contributed by atoms with E-state index in [9.17, 15) is 22.4 Å². The van der Waals surface area contributed by atoms with Crippen LogP contribution in [0.2, 0.25) is 0 Å². The van der Waals surface area contributed by atoms with Crippen molar-refractivity contribution >= 4 is 28.7 Å². The number of ether oxygens (including phenoxy) is 1. The van der Waals surface area contributed by atoms with Gasteiger partial charge in [0.2, 0.25) is 17.7 Å². The van der Waals surface area contributed by atoms with Crippen molar-refractivity contribution in [2.75, 3.05) is 37.4 Å². The number of piperidine rings is 1. The molecule has 0 spiro atoms. The number of rotatable bonds is 9. The predicted octanol–water partition coefficient (Wildman–Crippen LogP) is 3.91. The summed E-state index contributed by atoms with van der Waals surface area (Å²) < 4.78 is 77.3. The topological polar surface area (TPSA) is 140 Å². The lowest BCUT2D eigenvalue weighted by Crippen LogP contribution is -2.56. The summed E-state index contributed by atoms with van der Waals surface area (Å²) in [7, 11) is 1.24. The largest absolute Gasteiger partial charge is 0.479 e. The van der Waals surface area contributed by atoms with E-state index in [4.69, 9.17) is 15.4 Å². The van der Waals surface area contributed by atoms with Crippen molar-refractivity contribution in [1.82, 2.24) is 19.5 Å². The number of halogens is 5. The minimum Gasteiger partial charge on any atom is -0.479 e. The summed E-state index contributed by atoms with van der Waals surface area (Å²) in [6, 6.07) is 1.38. The van der Waals surface area contributed by atoms with Gasteiger partial charge in [0, 0.05) is 6.54 Å². The number of nitrogens with one attached hydrogen (secondary N) is 3. The van der Waals surface area contributed by atoms with Crippen molar-refractivity contribution in [2.45, 2.75) is 37.8 Å². The maximum atomic E-state index is 15.2. The molecule has 1 saturated heterocycles. The highest BCUT2D eigenvalue weighted by Crippen LogP contribution is 2.38. The van der Waals surface area contributed by atoms with E-state index in [-0.39, 0.29) is 52.8 Å². The van der Waals surface area contributed by atoms with Gasteiger partial charge >= 0.3 is 0 Å². The van der Waals surface area contributed by atoms with Crippen LogP contribution in [-0.2, 0) is 4.79 Å². The third-order valence-electron chi connectivity index (χ3n) is 6.30. The molecule has 1 aliphatic rings. The van der Waals surface area contributed by atoms with Crippen LogP contribution in [-0.4, -0.2) is 81.7 Å². The van der Waals surface area contributed by atoms with Gasteiger partial charge in [0.25, 0.3) is 12.3 Å². The molecule has 3 aromatic rings. The first-order valence-electron chi connectivity index (χ1n) is 11.7. The van der Waals surface area contributed by atoms with Crippen LogP contribution in [0.5, 0.6) is 5.88 Å². The van der Waals surface area contributed by atoms with E-state index in [1.165, 1.54) is 32.2 Å². The Morgan fingerprint density at radius 1 is 1.38 bits per heavy atom. The molecule has 16 heteroatoms. The van der Waals surface area contributed by atoms with Gasteiger partial charge in [-0.3, -0.25) is 4.79 Å². The molecule has 3 heterocycles. The number of hydrogen-bond acceptors (Lipinski definition) is 9. The SMILES string of the molecule is COc1nc(N[C@@H]2CCN(C(=O)CO)CC2(F)F)nn2cc(F)c(-c3ccc(N=N)c(N[C@H](C)C(F)F)c3)c12. The number of aliphatic hydroxyl groups is 1. The van der Waals surface area contributed by atoms with Crippen LogP contribution in [0.3, 0.4) is 0 Å². The number of nitrogens with zero attached hydrogens (tertiary/aromatic N) is 5. The summed E-state index contributed by atoms with van der Waals surface area (Å²) in [5.74, 6) is -5.43. The van der Waals surface area contributed by atoms with Crippen LogP contribution < -0.4 is 15.4 Å². The summed E-state index contributed by atoms with van der Waals surface area (Å²) in [5.41, 5.74) is 7.63. The summed E-state index contributed by atoms with van der Waals surface area (Å²) in [4.78, 5) is 16.6. The van der Waals surface area contributed by atoms with Gasteiger partial charge in [-0.15, -0.1) is 5.10 Å². The van der Waals surface area contributed by atoms with Gasteiger partial charge in [0.05, 0.1) is 43.2 Å². The zero-order valence-corrected chi connectivity index (χ0v) is 20.8.